The molecule has 0 bridgehead atoms. The molecule has 0 unspecified atom stereocenters. The number of aryl methyl sites for hydroxylation is 1. The van der Waals surface area contributed by atoms with Gasteiger partial charge in [-0.2, -0.15) is 0 Å². The number of nitrogens with zero attached hydrogens (tertiary/aromatic N) is 2. The van der Waals surface area contributed by atoms with Crippen molar-refractivity contribution in [2.45, 2.75) is 52.6 Å². The molecule has 23 heavy (non-hydrogen) atoms. The van der Waals surface area contributed by atoms with Gasteiger partial charge in [0.15, 0.2) is 0 Å². The Hall–Kier alpha value is -1.50. The van der Waals surface area contributed by atoms with Gasteiger partial charge < -0.3 is 14.7 Å². The quantitative estimate of drug-likeness (QED) is 0.861. The topological polar surface area (TPSA) is 75.4 Å². The third-order valence-electron chi connectivity index (χ3n) is 3.85. The SMILES string of the molecule is Cc1cc(C(=O)N2CSC[C@@H]2C(=O)N[C@@H](C)CCC(C)C)on1. The van der Waals surface area contributed by atoms with Crippen LogP contribution in [0.2, 0.25) is 0 Å². The lowest BCUT2D eigenvalue weighted by Crippen LogP contribution is -2.49. The van der Waals surface area contributed by atoms with E-state index in [9.17, 15) is 9.59 Å². The van der Waals surface area contributed by atoms with E-state index in [2.05, 4.69) is 24.3 Å². The number of hydrogen-bond acceptors (Lipinski definition) is 5. The minimum absolute atomic E-state index is 0.0872. The van der Waals surface area contributed by atoms with Crippen molar-refractivity contribution in [1.29, 1.82) is 0 Å². The summed E-state index contributed by atoms with van der Waals surface area (Å²) in [6, 6.07) is 1.27. The van der Waals surface area contributed by atoms with E-state index in [1.54, 1.807) is 29.7 Å². The molecule has 6 nitrogen and oxygen atoms in total. The lowest BCUT2D eigenvalue weighted by atomic mass is 10.0. The summed E-state index contributed by atoms with van der Waals surface area (Å²) >= 11 is 1.58. The van der Waals surface area contributed by atoms with Gasteiger partial charge in [0.1, 0.15) is 6.04 Å². The second kappa shape index (κ2) is 7.86. The second-order valence-corrected chi connectivity index (χ2v) is 7.50. The molecule has 1 fully saturated rings. The number of aromatic nitrogens is 1. The number of nitrogens with one attached hydrogen (secondary N) is 1. The van der Waals surface area contributed by atoms with Crippen molar-refractivity contribution >= 4 is 23.6 Å². The van der Waals surface area contributed by atoms with Gasteiger partial charge in [-0.15, -0.1) is 11.8 Å². The molecular weight excluding hydrogens is 314 g/mol. The molecule has 0 saturated carbocycles. The summed E-state index contributed by atoms with van der Waals surface area (Å²) in [6.45, 7) is 8.11. The summed E-state index contributed by atoms with van der Waals surface area (Å²) in [7, 11) is 0. The van der Waals surface area contributed by atoms with Gasteiger partial charge >= 0.3 is 0 Å². The van der Waals surface area contributed by atoms with E-state index in [0.717, 1.165) is 12.8 Å². The number of amides is 2. The van der Waals surface area contributed by atoms with E-state index in [4.69, 9.17) is 4.52 Å². The van der Waals surface area contributed by atoms with Gasteiger partial charge in [0.25, 0.3) is 5.91 Å². The number of hydrogen-bond donors (Lipinski definition) is 1. The molecule has 1 aliphatic rings. The van der Waals surface area contributed by atoms with E-state index in [1.807, 2.05) is 6.92 Å². The van der Waals surface area contributed by atoms with Crippen LogP contribution in [0, 0.1) is 12.8 Å². The highest BCUT2D eigenvalue weighted by Crippen LogP contribution is 2.24. The van der Waals surface area contributed by atoms with Crippen molar-refractivity contribution < 1.29 is 14.1 Å². The Morgan fingerprint density at radius 1 is 1.43 bits per heavy atom. The summed E-state index contributed by atoms with van der Waals surface area (Å²) in [5.74, 6) is 1.56. The standard InChI is InChI=1S/C16H25N3O3S/c1-10(2)5-6-11(3)17-15(20)13-8-23-9-19(13)16(21)14-7-12(4)18-22-14/h7,10-11,13H,5-6,8-9H2,1-4H3,(H,17,20)/t11-,13+/m0/s1. The van der Waals surface area contributed by atoms with Crippen molar-refractivity contribution in [1.82, 2.24) is 15.4 Å². The number of carbonyl (C=O) groups is 2. The molecule has 2 atom stereocenters. The molecular formula is C16H25N3O3S. The Kier molecular flexibility index (Phi) is 6.10. The predicted octanol–water partition coefficient (Wildman–Crippen LogP) is 2.44. The highest BCUT2D eigenvalue weighted by atomic mass is 32.2. The molecule has 128 valence electrons. The highest BCUT2D eigenvalue weighted by Gasteiger charge is 2.36. The molecule has 0 aromatic carbocycles. The Labute approximate surface area is 141 Å². The van der Waals surface area contributed by atoms with Gasteiger partial charge in [-0.3, -0.25) is 9.59 Å². The van der Waals surface area contributed by atoms with Crippen molar-refractivity contribution in [3.63, 3.8) is 0 Å². The van der Waals surface area contributed by atoms with Gasteiger partial charge in [0.2, 0.25) is 11.7 Å². The summed E-state index contributed by atoms with van der Waals surface area (Å²) in [6.07, 6.45) is 2.01. The molecule has 1 aromatic rings. The van der Waals surface area contributed by atoms with Crippen molar-refractivity contribution in [2.75, 3.05) is 11.6 Å². The van der Waals surface area contributed by atoms with Gasteiger partial charge in [-0.05, 0) is 32.6 Å². The van der Waals surface area contributed by atoms with Crippen LogP contribution in [-0.4, -0.2) is 45.6 Å². The maximum Gasteiger partial charge on any atom is 0.293 e. The van der Waals surface area contributed by atoms with Gasteiger partial charge in [-0.25, -0.2) is 0 Å². The van der Waals surface area contributed by atoms with Crippen LogP contribution in [0.25, 0.3) is 0 Å². The third-order valence-corrected chi connectivity index (χ3v) is 4.86. The van der Waals surface area contributed by atoms with Crippen molar-refractivity contribution in [3.05, 3.63) is 17.5 Å². The number of carbonyl (C=O) groups excluding carboxylic acids is 2. The van der Waals surface area contributed by atoms with Gasteiger partial charge in [0, 0.05) is 17.9 Å². The fourth-order valence-corrected chi connectivity index (χ4v) is 3.61. The minimum Gasteiger partial charge on any atom is -0.352 e. The van der Waals surface area contributed by atoms with Crippen LogP contribution in [0.1, 0.15) is 49.9 Å². The highest BCUT2D eigenvalue weighted by molar-refractivity contribution is 7.99. The first-order valence-electron chi connectivity index (χ1n) is 8.01. The van der Waals surface area contributed by atoms with E-state index < -0.39 is 6.04 Å². The molecule has 2 amide bonds. The molecule has 0 radical (unpaired) electrons. The zero-order valence-electron chi connectivity index (χ0n) is 14.2. The van der Waals surface area contributed by atoms with E-state index in [-0.39, 0.29) is 23.6 Å². The van der Waals surface area contributed by atoms with Crippen molar-refractivity contribution in [2.24, 2.45) is 5.92 Å². The molecule has 1 saturated heterocycles. The molecule has 1 aliphatic heterocycles. The number of thioether (sulfide) groups is 1. The average molecular weight is 339 g/mol. The van der Waals surface area contributed by atoms with Crippen LogP contribution >= 0.6 is 11.8 Å². The van der Waals surface area contributed by atoms with E-state index in [1.165, 1.54) is 0 Å². The molecule has 1 N–H and O–H groups in total. The molecule has 1 aromatic heterocycles. The average Bonchev–Trinajstić information content (AvgIpc) is 3.13. The fourth-order valence-electron chi connectivity index (χ4n) is 2.46. The first-order valence-corrected chi connectivity index (χ1v) is 9.16. The van der Waals surface area contributed by atoms with Crippen LogP contribution in [0.4, 0.5) is 0 Å². The zero-order valence-corrected chi connectivity index (χ0v) is 15.0. The van der Waals surface area contributed by atoms with Gasteiger partial charge in [0.05, 0.1) is 11.6 Å². The van der Waals surface area contributed by atoms with E-state index in [0.29, 0.717) is 23.2 Å². The summed E-state index contributed by atoms with van der Waals surface area (Å²) < 4.78 is 5.03. The van der Waals surface area contributed by atoms with Crippen LogP contribution in [-0.2, 0) is 4.79 Å². The lowest BCUT2D eigenvalue weighted by molar-refractivity contribution is -0.125. The largest absolute Gasteiger partial charge is 0.352 e. The van der Waals surface area contributed by atoms with Crippen LogP contribution in [0.3, 0.4) is 0 Å². The van der Waals surface area contributed by atoms with Gasteiger partial charge in [-0.1, -0.05) is 19.0 Å². The molecule has 7 heteroatoms. The maximum absolute atomic E-state index is 12.5. The third kappa shape index (κ3) is 4.73. The van der Waals surface area contributed by atoms with Crippen LogP contribution in [0.15, 0.2) is 10.6 Å². The Morgan fingerprint density at radius 3 is 2.78 bits per heavy atom. The van der Waals surface area contributed by atoms with E-state index >= 15 is 0 Å². The number of rotatable bonds is 6. The molecule has 0 spiro atoms. The lowest BCUT2D eigenvalue weighted by Gasteiger charge is -2.24. The molecule has 0 aliphatic carbocycles. The molecule has 2 rings (SSSR count). The van der Waals surface area contributed by atoms with Crippen molar-refractivity contribution in [3.8, 4) is 0 Å². The summed E-state index contributed by atoms with van der Waals surface area (Å²) in [4.78, 5) is 26.5. The Bertz CT molecular complexity index is 559. The fraction of sp³-hybridized carbons (Fsp3) is 0.688. The Morgan fingerprint density at radius 2 is 2.17 bits per heavy atom. The molecule has 2 heterocycles. The predicted molar refractivity (Wildman–Crippen MR) is 90.2 cm³/mol. The van der Waals surface area contributed by atoms with Crippen LogP contribution in [0.5, 0.6) is 0 Å². The first-order chi connectivity index (χ1) is 10.9. The minimum atomic E-state index is -0.445. The summed E-state index contributed by atoms with van der Waals surface area (Å²) in [5, 5.41) is 6.76. The normalized spacial score (nSPS) is 19.2. The first kappa shape index (κ1) is 17.8. The second-order valence-electron chi connectivity index (χ2n) is 6.50. The Balaban J connectivity index is 1.95. The summed E-state index contributed by atoms with van der Waals surface area (Å²) in [5.41, 5.74) is 0.656. The zero-order chi connectivity index (χ0) is 17.0. The van der Waals surface area contributed by atoms with Crippen LogP contribution < -0.4 is 5.32 Å². The monoisotopic (exact) mass is 339 g/mol. The smallest absolute Gasteiger partial charge is 0.293 e. The maximum atomic E-state index is 12.5.